The maximum atomic E-state index is 12.5. The highest BCUT2D eigenvalue weighted by molar-refractivity contribution is 9.10. The van der Waals surface area contributed by atoms with E-state index in [-0.39, 0.29) is 16.2 Å². The Kier molecular flexibility index (Phi) is 4.59. The predicted molar refractivity (Wildman–Crippen MR) is 114 cm³/mol. The molecule has 1 aromatic heterocycles. The molecule has 2 N–H and O–H groups in total. The third-order valence-electron chi connectivity index (χ3n) is 4.12. The third-order valence-corrected chi connectivity index (χ3v) is 5.15. The molecule has 0 saturated heterocycles. The van der Waals surface area contributed by atoms with Crippen LogP contribution in [0.15, 0.2) is 56.7 Å². The first-order valence-corrected chi connectivity index (χ1v) is 9.42. The van der Waals surface area contributed by atoms with Crippen LogP contribution in [0.25, 0.3) is 17.3 Å². The van der Waals surface area contributed by atoms with E-state index in [1.807, 2.05) is 18.2 Å². The van der Waals surface area contributed by atoms with Crippen molar-refractivity contribution in [3.05, 3.63) is 78.2 Å². The molecule has 2 heterocycles. The number of aliphatic imine (C=N–C) groups is 1. The van der Waals surface area contributed by atoms with Crippen LogP contribution in [0, 0.1) is 4.77 Å². The number of benzene rings is 2. The third kappa shape index (κ3) is 3.29. The van der Waals surface area contributed by atoms with Crippen LogP contribution in [0.5, 0.6) is 5.88 Å². The highest BCUT2D eigenvalue weighted by atomic mass is 79.9. The van der Waals surface area contributed by atoms with E-state index in [2.05, 4.69) is 25.9 Å². The molecule has 8 heteroatoms. The van der Waals surface area contributed by atoms with Gasteiger partial charge in [0.25, 0.3) is 5.56 Å². The van der Waals surface area contributed by atoms with E-state index >= 15 is 0 Å². The van der Waals surface area contributed by atoms with Crippen LogP contribution >= 0.6 is 39.7 Å². The molecule has 0 bridgehead atoms. The zero-order chi connectivity index (χ0) is 19.1. The van der Waals surface area contributed by atoms with Crippen molar-refractivity contribution in [3.8, 4) is 11.6 Å². The number of nitrogens with zero attached hydrogens (tertiary/aromatic N) is 2. The number of allylic oxidation sites excluding steroid dienone is 1. The number of halogens is 2. The lowest BCUT2D eigenvalue weighted by Gasteiger charge is -2.12. The summed E-state index contributed by atoms with van der Waals surface area (Å²) >= 11 is 14.6. The quantitative estimate of drug-likeness (QED) is 0.512. The molecule has 0 fully saturated rings. The Hall–Kier alpha value is -2.48. The molecule has 0 radical (unpaired) electrons. The van der Waals surface area contributed by atoms with Gasteiger partial charge in [-0.15, -0.1) is 0 Å². The maximum Gasteiger partial charge on any atom is 0.262 e. The highest BCUT2D eigenvalue weighted by Gasteiger charge is 2.17. The summed E-state index contributed by atoms with van der Waals surface area (Å²) in [5.74, 6) is -0.254. The summed E-state index contributed by atoms with van der Waals surface area (Å²) in [6.07, 6.45) is 3.25. The second kappa shape index (κ2) is 6.92. The van der Waals surface area contributed by atoms with Crippen molar-refractivity contribution in [1.29, 1.82) is 0 Å². The van der Waals surface area contributed by atoms with Crippen molar-refractivity contribution in [2.24, 2.45) is 4.99 Å². The molecule has 0 aliphatic carbocycles. The van der Waals surface area contributed by atoms with Crippen molar-refractivity contribution >= 4 is 63.3 Å². The molecular weight excluding hydrogens is 450 g/mol. The van der Waals surface area contributed by atoms with Crippen LogP contribution in [0.2, 0.25) is 5.02 Å². The van der Waals surface area contributed by atoms with Crippen molar-refractivity contribution in [1.82, 2.24) is 9.55 Å². The minimum absolute atomic E-state index is 0.0882. The number of aromatic amines is 1. The summed E-state index contributed by atoms with van der Waals surface area (Å²) < 4.78 is 2.37. The fourth-order valence-electron chi connectivity index (χ4n) is 2.83. The Bertz CT molecular complexity index is 1240. The van der Waals surface area contributed by atoms with Gasteiger partial charge >= 0.3 is 0 Å². The Morgan fingerprint density at radius 1 is 1.22 bits per heavy atom. The molecule has 0 atom stereocenters. The summed E-state index contributed by atoms with van der Waals surface area (Å²) in [6, 6.07) is 12.4. The smallest absolute Gasteiger partial charge is 0.262 e. The second-order valence-electron chi connectivity index (χ2n) is 5.83. The van der Waals surface area contributed by atoms with Crippen molar-refractivity contribution in [2.45, 2.75) is 0 Å². The molecule has 0 unspecified atom stereocenters. The molecule has 4 rings (SSSR count). The minimum Gasteiger partial charge on any atom is -0.494 e. The van der Waals surface area contributed by atoms with E-state index in [1.165, 1.54) is 4.57 Å². The van der Waals surface area contributed by atoms with Crippen LogP contribution in [0.3, 0.4) is 0 Å². The minimum atomic E-state index is -0.480. The number of rotatable bonds is 2. The fourth-order valence-corrected chi connectivity index (χ4v) is 3.60. The Morgan fingerprint density at radius 3 is 2.70 bits per heavy atom. The molecule has 0 spiro atoms. The number of aromatic nitrogens is 2. The van der Waals surface area contributed by atoms with Crippen molar-refractivity contribution in [3.63, 3.8) is 0 Å². The Labute approximate surface area is 172 Å². The number of hydrogen-bond acceptors (Lipinski definition) is 4. The van der Waals surface area contributed by atoms with Gasteiger partial charge in [0.1, 0.15) is 5.56 Å². The number of hydrogen-bond donors (Lipinski definition) is 2. The summed E-state index contributed by atoms with van der Waals surface area (Å²) in [5.41, 5.74) is 2.57. The average Bonchev–Trinajstić information content (AvgIpc) is 3.02. The first-order valence-electron chi connectivity index (χ1n) is 7.84. The summed E-state index contributed by atoms with van der Waals surface area (Å²) in [7, 11) is 0. The Morgan fingerprint density at radius 2 is 1.96 bits per heavy atom. The van der Waals surface area contributed by atoms with Gasteiger partial charge in [-0.05, 0) is 60.8 Å². The monoisotopic (exact) mass is 459 g/mol. The highest BCUT2D eigenvalue weighted by Crippen LogP contribution is 2.35. The lowest BCUT2D eigenvalue weighted by molar-refractivity contribution is 0.432. The maximum absolute atomic E-state index is 12.5. The Balaban J connectivity index is 1.91. The standard InChI is InChI=1S/C19H11BrClN3O2S/c20-11-1-6-16-14(8-11)10(9-22-16)7-15-17(25)23-19(27)24(18(15)26)13-4-2-12(21)3-5-13/h1-9,26H,(H,23,25,27)/b10-7+. The normalized spacial score (nSPS) is 13.9. The first-order chi connectivity index (χ1) is 12.9. The van der Waals surface area contributed by atoms with E-state index in [0.29, 0.717) is 16.3 Å². The fraction of sp³-hybridized carbons (Fsp3) is 0. The van der Waals surface area contributed by atoms with Crippen molar-refractivity contribution in [2.75, 3.05) is 0 Å². The van der Waals surface area contributed by atoms with E-state index in [0.717, 1.165) is 15.7 Å². The van der Waals surface area contributed by atoms with Gasteiger partial charge < -0.3 is 5.11 Å². The van der Waals surface area contributed by atoms with Gasteiger partial charge in [0.05, 0.1) is 11.4 Å². The lowest BCUT2D eigenvalue weighted by atomic mass is 10.1. The largest absolute Gasteiger partial charge is 0.494 e. The predicted octanol–water partition coefficient (Wildman–Crippen LogP) is 5.27. The van der Waals surface area contributed by atoms with Gasteiger partial charge in [-0.2, -0.15) is 0 Å². The van der Waals surface area contributed by atoms with Gasteiger partial charge in [-0.1, -0.05) is 27.5 Å². The molecule has 1 aliphatic rings. The number of fused-ring (bicyclic) bond motifs is 1. The lowest BCUT2D eigenvalue weighted by Crippen LogP contribution is -2.16. The average molecular weight is 461 g/mol. The zero-order valence-corrected chi connectivity index (χ0v) is 16.8. The number of nitrogens with one attached hydrogen (secondary N) is 1. The molecule has 27 heavy (non-hydrogen) atoms. The molecule has 3 aromatic rings. The molecular formula is C19H11BrClN3O2S. The second-order valence-corrected chi connectivity index (χ2v) is 7.57. The van der Waals surface area contributed by atoms with E-state index in [9.17, 15) is 9.90 Å². The van der Waals surface area contributed by atoms with E-state index < -0.39 is 5.56 Å². The van der Waals surface area contributed by atoms with Gasteiger partial charge in [0, 0.05) is 26.8 Å². The summed E-state index contributed by atoms with van der Waals surface area (Å²) in [5, 5.41) is 11.3. The van der Waals surface area contributed by atoms with E-state index in [4.69, 9.17) is 23.8 Å². The van der Waals surface area contributed by atoms with Gasteiger partial charge in [0.15, 0.2) is 4.77 Å². The first kappa shape index (κ1) is 17.9. The van der Waals surface area contributed by atoms with Crippen LogP contribution in [0.1, 0.15) is 11.1 Å². The van der Waals surface area contributed by atoms with Crippen LogP contribution in [-0.2, 0) is 0 Å². The SMILES string of the molecule is O=c1[nH]c(=S)n(-c2ccc(Cl)cc2)c(O)c1/C=C1\C=Nc2ccc(Br)cc21. The van der Waals surface area contributed by atoms with Gasteiger partial charge in [0.2, 0.25) is 5.88 Å². The van der Waals surface area contributed by atoms with Crippen LogP contribution in [-0.4, -0.2) is 20.9 Å². The summed E-state index contributed by atoms with van der Waals surface area (Å²) in [4.78, 5) is 19.4. The topological polar surface area (TPSA) is 70.4 Å². The van der Waals surface area contributed by atoms with E-state index in [1.54, 1.807) is 36.6 Å². The molecule has 2 aromatic carbocycles. The number of aromatic hydroxyl groups is 1. The van der Waals surface area contributed by atoms with Gasteiger partial charge in [-0.25, -0.2) is 0 Å². The van der Waals surface area contributed by atoms with Crippen molar-refractivity contribution < 1.29 is 5.11 Å². The summed E-state index contributed by atoms with van der Waals surface area (Å²) in [6.45, 7) is 0. The molecule has 134 valence electrons. The molecule has 5 nitrogen and oxygen atoms in total. The van der Waals surface area contributed by atoms with Crippen LogP contribution in [0.4, 0.5) is 5.69 Å². The molecule has 0 saturated carbocycles. The number of H-pyrrole nitrogens is 1. The van der Waals surface area contributed by atoms with Gasteiger partial charge in [-0.3, -0.25) is 19.3 Å². The molecule has 0 amide bonds. The molecule has 1 aliphatic heterocycles. The zero-order valence-electron chi connectivity index (χ0n) is 13.6. The van der Waals surface area contributed by atoms with Crippen LogP contribution < -0.4 is 5.56 Å².